The summed E-state index contributed by atoms with van der Waals surface area (Å²) in [5.74, 6) is -0.143. The summed E-state index contributed by atoms with van der Waals surface area (Å²) in [7, 11) is 1.32. The number of hydrogen-bond donors (Lipinski definition) is 1. The Labute approximate surface area is 153 Å². The maximum absolute atomic E-state index is 12.5. The van der Waals surface area contributed by atoms with Gasteiger partial charge in [-0.2, -0.15) is 0 Å². The molecule has 5 nitrogen and oxygen atoms in total. The van der Waals surface area contributed by atoms with Crippen LogP contribution in [-0.4, -0.2) is 25.1 Å². The van der Waals surface area contributed by atoms with Gasteiger partial charge in [0.05, 0.1) is 24.5 Å². The van der Waals surface area contributed by atoms with Crippen molar-refractivity contribution < 1.29 is 19.1 Å². The van der Waals surface area contributed by atoms with Crippen molar-refractivity contribution >= 4 is 17.6 Å². The van der Waals surface area contributed by atoms with Crippen LogP contribution in [0.4, 0.5) is 5.69 Å². The lowest BCUT2D eigenvalue weighted by Crippen LogP contribution is -2.20. The molecule has 0 spiro atoms. The molecule has 1 aliphatic carbocycles. The first-order valence-electron chi connectivity index (χ1n) is 8.93. The van der Waals surface area contributed by atoms with E-state index in [1.165, 1.54) is 26.4 Å². The van der Waals surface area contributed by atoms with E-state index in [1.807, 2.05) is 6.07 Å². The first-order valence-corrected chi connectivity index (χ1v) is 8.93. The molecule has 0 aliphatic heterocycles. The van der Waals surface area contributed by atoms with Gasteiger partial charge in [0.1, 0.15) is 5.75 Å². The average Bonchev–Trinajstić information content (AvgIpc) is 2.69. The van der Waals surface area contributed by atoms with Crippen LogP contribution in [0.15, 0.2) is 48.5 Å². The Morgan fingerprint density at radius 3 is 2.42 bits per heavy atom. The number of esters is 1. The zero-order valence-corrected chi connectivity index (χ0v) is 14.9. The van der Waals surface area contributed by atoms with E-state index in [2.05, 4.69) is 5.32 Å². The molecule has 3 rings (SSSR count). The van der Waals surface area contributed by atoms with E-state index in [9.17, 15) is 9.59 Å². The number of benzene rings is 2. The fourth-order valence-corrected chi connectivity index (χ4v) is 3.15. The normalized spacial score (nSPS) is 14.5. The number of methoxy groups -OCH3 is 1. The van der Waals surface area contributed by atoms with E-state index in [0.717, 1.165) is 12.8 Å². The van der Waals surface area contributed by atoms with Crippen molar-refractivity contribution in [2.24, 2.45) is 0 Å². The van der Waals surface area contributed by atoms with Crippen molar-refractivity contribution in [1.29, 1.82) is 0 Å². The Hall–Kier alpha value is -2.82. The molecule has 0 aromatic heterocycles. The zero-order chi connectivity index (χ0) is 18.4. The lowest BCUT2D eigenvalue weighted by atomic mass is 9.98. The molecule has 0 bridgehead atoms. The SMILES string of the molecule is COC(=O)c1ccc(OC2CCCCC2)cc1NC(=O)c1ccccc1. The number of amides is 1. The molecule has 1 N–H and O–H groups in total. The van der Waals surface area contributed by atoms with Crippen molar-refractivity contribution in [1.82, 2.24) is 0 Å². The Kier molecular flexibility index (Phi) is 5.89. The zero-order valence-electron chi connectivity index (χ0n) is 14.9. The topological polar surface area (TPSA) is 64.6 Å². The molecule has 1 saturated carbocycles. The summed E-state index contributed by atoms with van der Waals surface area (Å²) >= 11 is 0. The third-order valence-corrected chi connectivity index (χ3v) is 4.54. The maximum Gasteiger partial charge on any atom is 0.339 e. The predicted molar refractivity (Wildman–Crippen MR) is 99.7 cm³/mol. The highest BCUT2D eigenvalue weighted by Gasteiger charge is 2.19. The van der Waals surface area contributed by atoms with Gasteiger partial charge in [0.25, 0.3) is 5.91 Å². The smallest absolute Gasteiger partial charge is 0.339 e. The molecular formula is C21H23NO4. The van der Waals surface area contributed by atoms with Crippen LogP contribution in [0.1, 0.15) is 52.8 Å². The monoisotopic (exact) mass is 353 g/mol. The number of anilines is 1. The third kappa shape index (κ3) is 4.42. The van der Waals surface area contributed by atoms with Crippen LogP contribution in [0.25, 0.3) is 0 Å². The first-order chi connectivity index (χ1) is 12.7. The largest absolute Gasteiger partial charge is 0.490 e. The number of carbonyl (C=O) groups is 2. The van der Waals surface area contributed by atoms with E-state index < -0.39 is 5.97 Å². The predicted octanol–water partition coefficient (Wildman–Crippen LogP) is 4.44. The molecule has 0 heterocycles. The summed E-state index contributed by atoms with van der Waals surface area (Å²) in [4.78, 5) is 24.5. The van der Waals surface area contributed by atoms with Crippen LogP contribution >= 0.6 is 0 Å². The second-order valence-corrected chi connectivity index (χ2v) is 6.40. The highest BCUT2D eigenvalue weighted by molar-refractivity contribution is 6.08. The van der Waals surface area contributed by atoms with Gasteiger partial charge < -0.3 is 14.8 Å². The van der Waals surface area contributed by atoms with Crippen LogP contribution < -0.4 is 10.1 Å². The summed E-state index contributed by atoms with van der Waals surface area (Å²) in [6.45, 7) is 0. The van der Waals surface area contributed by atoms with Crippen LogP contribution in [0.2, 0.25) is 0 Å². The number of rotatable bonds is 5. The molecule has 5 heteroatoms. The van der Waals surface area contributed by atoms with Gasteiger partial charge in [-0.05, 0) is 49.9 Å². The molecular weight excluding hydrogens is 330 g/mol. The molecule has 2 aromatic carbocycles. The molecule has 1 fully saturated rings. The van der Waals surface area contributed by atoms with Gasteiger partial charge in [0, 0.05) is 11.6 Å². The highest BCUT2D eigenvalue weighted by Crippen LogP contribution is 2.28. The molecule has 1 amide bonds. The number of hydrogen-bond acceptors (Lipinski definition) is 4. The number of nitrogens with one attached hydrogen (secondary N) is 1. The van der Waals surface area contributed by atoms with Crippen LogP contribution in [0.5, 0.6) is 5.75 Å². The number of carbonyl (C=O) groups excluding carboxylic acids is 2. The minimum atomic E-state index is -0.502. The average molecular weight is 353 g/mol. The Morgan fingerprint density at radius 2 is 1.73 bits per heavy atom. The molecule has 0 radical (unpaired) electrons. The van der Waals surface area contributed by atoms with E-state index in [-0.39, 0.29) is 12.0 Å². The van der Waals surface area contributed by atoms with E-state index in [1.54, 1.807) is 42.5 Å². The molecule has 136 valence electrons. The van der Waals surface area contributed by atoms with Crippen LogP contribution in [-0.2, 0) is 4.74 Å². The Balaban J connectivity index is 1.83. The fraction of sp³-hybridized carbons (Fsp3) is 0.333. The van der Waals surface area contributed by atoms with Crippen molar-refractivity contribution in [3.05, 3.63) is 59.7 Å². The molecule has 0 unspecified atom stereocenters. The van der Waals surface area contributed by atoms with E-state index in [0.29, 0.717) is 22.6 Å². The summed E-state index contributed by atoms with van der Waals surface area (Å²) in [5, 5.41) is 2.80. The quantitative estimate of drug-likeness (QED) is 0.807. The van der Waals surface area contributed by atoms with Gasteiger partial charge in [-0.25, -0.2) is 4.79 Å². The molecule has 1 aliphatic rings. The third-order valence-electron chi connectivity index (χ3n) is 4.54. The maximum atomic E-state index is 12.5. The Morgan fingerprint density at radius 1 is 1.00 bits per heavy atom. The second kappa shape index (κ2) is 8.52. The second-order valence-electron chi connectivity index (χ2n) is 6.40. The molecule has 2 aromatic rings. The van der Waals surface area contributed by atoms with E-state index in [4.69, 9.17) is 9.47 Å². The van der Waals surface area contributed by atoms with Gasteiger partial charge >= 0.3 is 5.97 Å². The van der Waals surface area contributed by atoms with Crippen molar-refractivity contribution in [3.8, 4) is 5.75 Å². The van der Waals surface area contributed by atoms with Crippen molar-refractivity contribution in [2.75, 3.05) is 12.4 Å². The highest BCUT2D eigenvalue weighted by atomic mass is 16.5. The van der Waals surface area contributed by atoms with Gasteiger partial charge in [-0.3, -0.25) is 4.79 Å². The molecule has 26 heavy (non-hydrogen) atoms. The molecule has 0 atom stereocenters. The Bertz CT molecular complexity index is 767. The van der Waals surface area contributed by atoms with Crippen LogP contribution in [0.3, 0.4) is 0 Å². The van der Waals surface area contributed by atoms with E-state index >= 15 is 0 Å². The molecule has 0 saturated heterocycles. The fourth-order valence-electron chi connectivity index (χ4n) is 3.15. The van der Waals surface area contributed by atoms with Crippen molar-refractivity contribution in [3.63, 3.8) is 0 Å². The number of ether oxygens (including phenoxy) is 2. The van der Waals surface area contributed by atoms with Gasteiger partial charge in [-0.15, -0.1) is 0 Å². The van der Waals surface area contributed by atoms with Crippen LogP contribution in [0, 0.1) is 0 Å². The van der Waals surface area contributed by atoms with Gasteiger partial charge in [0.15, 0.2) is 0 Å². The minimum Gasteiger partial charge on any atom is -0.490 e. The lowest BCUT2D eigenvalue weighted by Gasteiger charge is -2.23. The van der Waals surface area contributed by atoms with Crippen molar-refractivity contribution in [2.45, 2.75) is 38.2 Å². The summed E-state index contributed by atoms with van der Waals surface area (Å²) in [6.07, 6.45) is 5.84. The van der Waals surface area contributed by atoms with Gasteiger partial charge in [-0.1, -0.05) is 24.6 Å². The minimum absolute atomic E-state index is 0.186. The summed E-state index contributed by atoms with van der Waals surface area (Å²) in [6, 6.07) is 13.9. The summed E-state index contributed by atoms with van der Waals surface area (Å²) in [5.41, 5.74) is 1.20. The lowest BCUT2D eigenvalue weighted by molar-refractivity contribution is 0.0602. The van der Waals surface area contributed by atoms with Gasteiger partial charge in [0.2, 0.25) is 0 Å². The standard InChI is InChI=1S/C21H23NO4/c1-25-21(24)18-13-12-17(26-16-10-6-3-7-11-16)14-19(18)22-20(23)15-8-4-2-5-9-15/h2,4-5,8-9,12-14,16H,3,6-7,10-11H2,1H3,(H,22,23). The first kappa shape index (κ1) is 18.0. The summed E-state index contributed by atoms with van der Waals surface area (Å²) < 4.78 is 10.9.